The number of hydrogen-bond donors (Lipinski definition) is 1. The largest absolute Gasteiger partial charge is 0.497 e. The number of aliphatic hydroxyl groups is 1. The smallest absolute Gasteiger partial charge is 0.118 e. The Labute approximate surface area is 124 Å². The fourth-order valence-electron chi connectivity index (χ4n) is 2.67. The molecular weight excluding hydrogens is 266 g/mol. The number of rotatable bonds is 4. The van der Waals surface area contributed by atoms with Crippen LogP contribution < -0.4 is 4.74 Å². The predicted molar refractivity (Wildman–Crippen MR) is 80.0 cm³/mol. The molecule has 0 bridgehead atoms. The summed E-state index contributed by atoms with van der Waals surface area (Å²) in [6.45, 7) is 5.38. The molecule has 0 spiro atoms. The highest BCUT2D eigenvalue weighted by Crippen LogP contribution is 2.20. The molecule has 0 saturated heterocycles. The van der Waals surface area contributed by atoms with E-state index in [1.807, 2.05) is 22.9 Å². The molecule has 0 saturated carbocycles. The molecule has 112 valence electrons. The first kappa shape index (κ1) is 14.1. The van der Waals surface area contributed by atoms with E-state index in [0.29, 0.717) is 0 Å². The van der Waals surface area contributed by atoms with Gasteiger partial charge in [-0.15, -0.1) is 0 Å². The average Bonchev–Trinajstić information content (AvgIpc) is 2.91. The van der Waals surface area contributed by atoms with Gasteiger partial charge >= 0.3 is 0 Å². The molecule has 1 aromatic heterocycles. The molecule has 0 amide bonds. The molecule has 2 aromatic rings. The first-order valence-electron chi connectivity index (χ1n) is 7.25. The molecule has 5 nitrogen and oxygen atoms in total. The monoisotopic (exact) mass is 287 g/mol. The lowest BCUT2D eigenvalue weighted by molar-refractivity contribution is 0.189. The molecular formula is C16H21N3O2. The molecule has 1 aliphatic rings. The summed E-state index contributed by atoms with van der Waals surface area (Å²) in [4.78, 5) is 2.39. The van der Waals surface area contributed by atoms with Crippen LogP contribution in [0.3, 0.4) is 0 Å². The zero-order valence-electron chi connectivity index (χ0n) is 12.5. The minimum atomic E-state index is -0.502. The van der Waals surface area contributed by atoms with Gasteiger partial charge in [0, 0.05) is 19.6 Å². The van der Waals surface area contributed by atoms with Crippen LogP contribution in [0.25, 0.3) is 0 Å². The molecule has 1 unspecified atom stereocenters. The van der Waals surface area contributed by atoms with Gasteiger partial charge in [0.25, 0.3) is 0 Å². The lowest BCUT2D eigenvalue weighted by Crippen LogP contribution is -2.33. The zero-order valence-corrected chi connectivity index (χ0v) is 12.5. The van der Waals surface area contributed by atoms with E-state index in [1.54, 1.807) is 14.0 Å². The van der Waals surface area contributed by atoms with Crippen molar-refractivity contribution in [2.24, 2.45) is 0 Å². The van der Waals surface area contributed by atoms with Gasteiger partial charge < -0.3 is 9.84 Å². The highest BCUT2D eigenvalue weighted by Gasteiger charge is 2.19. The number of fused-ring (bicyclic) bond motifs is 1. The summed E-state index contributed by atoms with van der Waals surface area (Å²) < 4.78 is 7.19. The van der Waals surface area contributed by atoms with Crippen LogP contribution in [0.15, 0.2) is 30.3 Å². The molecule has 21 heavy (non-hydrogen) atoms. The first-order valence-corrected chi connectivity index (χ1v) is 7.25. The number of ether oxygens (including phenoxy) is 1. The van der Waals surface area contributed by atoms with E-state index in [9.17, 15) is 5.11 Å². The summed E-state index contributed by atoms with van der Waals surface area (Å²) >= 11 is 0. The number of aliphatic hydroxyl groups excluding tert-OH is 1. The fraction of sp³-hybridized carbons (Fsp3) is 0.438. The van der Waals surface area contributed by atoms with E-state index in [1.165, 1.54) is 11.3 Å². The summed E-state index contributed by atoms with van der Waals surface area (Å²) in [6, 6.07) is 10.2. The van der Waals surface area contributed by atoms with Crippen LogP contribution >= 0.6 is 0 Å². The Morgan fingerprint density at radius 1 is 1.29 bits per heavy atom. The van der Waals surface area contributed by atoms with Gasteiger partial charge in [-0.3, -0.25) is 9.58 Å². The van der Waals surface area contributed by atoms with Crippen LogP contribution in [0.4, 0.5) is 0 Å². The van der Waals surface area contributed by atoms with Crippen LogP contribution in [0.1, 0.15) is 30.0 Å². The van der Waals surface area contributed by atoms with Crippen molar-refractivity contribution in [3.8, 4) is 5.75 Å². The number of benzene rings is 1. The second-order valence-corrected chi connectivity index (χ2v) is 5.52. The molecule has 0 fully saturated rings. The number of methoxy groups -OCH3 is 1. The van der Waals surface area contributed by atoms with Crippen molar-refractivity contribution in [1.29, 1.82) is 0 Å². The molecule has 0 radical (unpaired) electrons. The Kier molecular flexibility index (Phi) is 3.94. The third-order valence-electron chi connectivity index (χ3n) is 3.89. The molecule has 3 rings (SSSR count). The normalized spacial score (nSPS) is 16.5. The van der Waals surface area contributed by atoms with Crippen molar-refractivity contribution in [3.63, 3.8) is 0 Å². The van der Waals surface area contributed by atoms with Gasteiger partial charge in [0.15, 0.2) is 0 Å². The van der Waals surface area contributed by atoms with E-state index in [2.05, 4.69) is 22.1 Å². The van der Waals surface area contributed by atoms with E-state index in [4.69, 9.17) is 4.74 Å². The molecule has 1 N–H and O–H groups in total. The summed E-state index contributed by atoms with van der Waals surface area (Å²) in [5.41, 5.74) is 3.21. The maximum atomic E-state index is 9.62. The first-order chi connectivity index (χ1) is 10.2. The van der Waals surface area contributed by atoms with Gasteiger partial charge in [0.05, 0.1) is 31.1 Å². The third-order valence-corrected chi connectivity index (χ3v) is 3.89. The van der Waals surface area contributed by atoms with Crippen molar-refractivity contribution in [2.75, 3.05) is 13.7 Å². The van der Waals surface area contributed by atoms with E-state index >= 15 is 0 Å². The van der Waals surface area contributed by atoms with Crippen LogP contribution in [-0.2, 0) is 19.6 Å². The topological polar surface area (TPSA) is 50.5 Å². The lowest BCUT2D eigenvalue weighted by atomic mass is 10.2. The van der Waals surface area contributed by atoms with Crippen molar-refractivity contribution in [1.82, 2.24) is 14.7 Å². The van der Waals surface area contributed by atoms with Gasteiger partial charge in [-0.2, -0.15) is 5.10 Å². The minimum absolute atomic E-state index is 0.502. The molecule has 0 aliphatic carbocycles. The average molecular weight is 287 g/mol. The third kappa shape index (κ3) is 3.09. The van der Waals surface area contributed by atoms with E-state index in [0.717, 1.165) is 37.6 Å². The summed E-state index contributed by atoms with van der Waals surface area (Å²) in [7, 11) is 1.68. The van der Waals surface area contributed by atoms with Crippen molar-refractivity contribution < 1.29 is 9.84 Å². The molecule has 1 aliphatic heterocycles. The molecule has 2 heterocycles. The fourth-order valence-corrected chi connectivity index (χ4v) is 2.67. The van der Waals surface area contributed by atoms with Crippen LogP contribution in [0, 0.1) is 0 Å². The van der Waals surface area contributed by atoms with E-state index in [-0.39, 0.29) is 0 Å². The number of aromatic nitrogens is 2. The van der Waals surface area contributed by atoms with Crippen LogP contribution in [0.5, 0.6) is 5.75 Å². The van der Waals surface area contributed by atoms with Crippen LogP contribution in [0.2, 0.25) is 0 Å². The van der Waals surface area contributed by atoms with Gasteiger partial charge in [0.1, 0.15) is 5.75 Å². The maximum absolute atomic E-state index is 9.62. The standard InChI is InChI=1S/C16H21N3O2/c1-12(20)16-9-14-11-18(7-8-19(14)17-16)10-13-3-5-15(21-2)6-4-13/h3-6,9,12,20H,7-8,10-11H2,1-2H3. The van der Waals surface area contributed by atoms with Crippen molar-refractivity contribution in [2.45, 2.75) is 32.7 Å². The van der Waals surface area contributed by atoms with Crippen molar-refractivity contribution in [3.05, 3.63) is 47.3 Å². The van der Waals surface area contributed by atoms with Gasteiger partial charge in [-0.1, -0.05) is 12.1 Å². The van der Waals surface area contributed by atoms with Gasteiger partial charge in [0.2, 0.25) is 0 Å². The quantitative estimate of drug-likeness (QED) is 0.934. The SMILES string of the molecule is COc1ccc(CN2CCn3nc(C(C)O)cc3C2)cc1. The molecule has 1 atom stereocenters. The zero-order chi connectivity index (χ0) is 14.8. The Hall–Kier alpha value is -1.85. The lowest BCUT2D eigenvalue weighted by Gasteiger charge is -2.27. The summed E-state index contributed by atoms with van der Waals surface area (Å²) in [6.07, 6.45) is -0.502. The highest BCUT2D eigenvalue weighted by atomic mass is 16.5. The molecule has 5 heteroatoms. The predicted octanol–water partition coefficient (Wildman–Crippen LogP) is 1.96. The van der Waals surface area contributed by atoms with Crippen LogP contribution in [-0.4, -0.2) is 33.4 Å². The van der Waals surface area contributed by atoms with E-state index < -0.39 is 6.10 Å². The minimum Gasteiger partial charge on any atom is -0.497 e. The van der Waals surface area contributed by atoms with Gasteiger partial charge in [-0.25, -0.2) is 0 Å². The number of nitrogens with zero attached hydrogens (tertiary/aromatic N) is 3. The Balaban J connectivity index is 1.67. The summed E-state index contributed by atoms with van der Waals surface area (Å²) in [5, 5.41) is 14.1. The highest BCUT2D eigenvalue weighted by molar-refractivity contribution is 5.27. The molecule has 1 aromatic carbocycles. The summed E-state index contributed by atoms with van der Waals surface area (Å²) in [5.74, 6) is 0.886. The second kappa shape index (κ2) is 5.87. The Morgan fingerprint density at radius 2 is 2.05 bits per heavy atom. The van der Waals surface area contributed by atoms with Gasteiger partial charge in [-0.05, 0) is 30.7 Å². The Morgan fingerprint density at radius 3 is 2.71 bits per heavy atom. The second-order valence-electron chi connectivity index (χ2n) is 5.52. The number of hydrogen-bond acceptors (Lipinski definition) is 4. The van der Waals surface area contributed by atoms with Crippen molar-refractivity contribution >= 4 is 0 Å². The Bertz CT molecular complexity index is 604. The maximum Gasteiger partial charge on any atom is 0.118 e.